The first-order valence-electron chi connectivity index (χ1n) is 6.89. The third-order valence-electron chi connectivity index (χ3n) is 3.39. The molecule has 19 heavy (non-hydrogen) atoms. The van der Waals surface area contributed by atoms with Crippen LogP contribution in [0.2, 0.25) is 0 Å². The predicted molar refractivity (Wildman–Crippen MR) is 79.2 cm³/mol. The van der Waals surface area contributed by atoms with Crippen molar-refractivity contribution in [3.05, 3.63) is 47.5 Å². The molecule has 0 aromatic heterocycles. The fourth-order valence-electron chi connectivity index (χ4n) is 2.45. The van der Waals surface area contributed by atoms with Crippen molar-refractivity contribution in [2.45, 2.75) is 26.3 Å². The van der Waals surface area contributed by atoms with Gasteiger partial charge in [-0.05, 0) is 24.0 Å². The number of oxime groups is 1. The zero-order chi connectivity index (χ0) is 13.5. The van der Waals surface area contributed by atoms with E-state index in [0.717, 1.165) is 38.2 Å². The molecule has 0 saturated carbocycles. The highest BCUT2D eigenvalue weighted by Gasteiger charge is 2.16. The first-order valence-corrected chi connectivity index (χ1v) is 6.89. The minimum absolute atomic E-state index is 0.916. The van der Waals surface area contributed by atoms with Gasteiger partial charge in [0.15, 0.2) is 0 Å². The molecule has 1 aliphatic heterocycles. The first kappa shape index (κ1) is 13.8. The summed E-state index contributed by atoms with van der Waals surface area (Å²) in [6, 6.07) is 10.6. The summed E-state index contributed by atoms with van der Waals surface area (Å²) in [5.41, 5.74) is 3.75. The Balaban J connectivity index is 2.00. The predicted octanol–water partition coefficient (Wildman–Crippen LogP) is 3.23. The second-order valence-corrected chi connectivity index (χ2v) is 4.79. The number of hydrogen-bond acceptors (Lipinski definition) is 3. The summed E-state index contributed by atoms with van der Waals surface area (Å²) in [5.74, 6) is 0. The molecule has 0 aliphatic carbocycles. The number of hydrogen-bond donors (Lipinski definition) is 0. The molecule has 3 heteroatoms. The van der Waals surface area contributed by atoms with Crippen molar-refractivity contribution >= 4 is 5.71 Å². The smallest absolute Gasteiger partial charge is 0.106 e. The maximum Gasteiger partial charge on any atom is 0.106 e. The molecule has 0 N–H and O–H groups in total. The summed E-state index contributed by atoms with van der Waals surface area (Å²) in [5, 5.41) is 4.13. The molecule has 0 bridgehead atoms. The highest BCUT2D eigenvalue weighted by molar-refractivity contribution is 6.00. The van der Waals surface area contributed by atoms with E-state index in [1.54, 1.807) is 7.11 Å². The molecule has 0 amide bonds. The molecule has 1 aliphatic rings. The Morgan fingerprint density at radius 2 is 2.11 bits per heavy atom. The van der Waals surface area contributed by atoms with Crippen LogP contribution in [-0.4, -0.2) is 30.8 Å². The Hall–Kier alpha value is -1.61. The van der Waals surface area contributed by atoms with E-state index in [9.17, 15) is 0 Å². The second-order valence-electron chi connectivity index (χ2n) is 4.79. The average molecular weight is 258 g/mol. The zero-order valence-corrected chi connectivity index (χ0v) is 11.8. The standard InChI is InChI=1S/C16H22N2O/c1-3-16(17-19-2)15-10-7-11-18(13-15)12-14-8-5-4-6-9-14/h4-6,8-10H,3,7,11-13H2,1-2H3. The Labute approximate surface area is 115 Å². The lowest BCUT2D eigenvalue weighted by atomic mass is 10.0. The molecule has 0 radical (unpaired) electrons. The topological polar surface area (TPSA) is 24.8 Å². The lowest BCUT2D eigenvalue weighted by Crippen LogP contribution is -2.31. The summed E-state index contributed by atoms with van der Waals surface area (Å²) in [6.45, 7) is 5.20. The van der Waals surface area contributed by atoms with Crippen LogP contribution in [0.4, 0.5) is 0 Å². The van der Waals surface area contributed by atoms with Crippen LogP contribution in [0, 0.1) is 0 Å². The van der Waals surface area contributed by atoms with Crippen LogP contribution in [0.3, 0.4) is 0 Å². The summed E-state index contributed by atoms with van der Waals surface area (Å²) in [4.78, 5) is 7.39. The minimum atomic E-state index is 0.916. The molecular weight excluding hydrogens is 236 g/mol. The van der Waals surface area contributed by atoms with Gasteiger partial charge in [-0.1, -0.05) is 48.5 Å². The molecule has 0 atom stereocenters. The molecule has 1 heterocycles. The van der Waals surface area contributed by atoms with E-state index in [1.807, 2.05) is 0 Å². The largest absolute Gasteiger partial charge is 0.399 e. The summed E-state index contributed by atoms with van der Waals surface area (Å²) in [6.07, 6.45) is 4.30. The van der Waals surface area contributed by atoms with Gasteiger partial charge in [0.05, 0.1) is 5.71 Å². The molecule has 0 saturated heterocycles. The van der Waals surface area contributed by atoms with Gasteiger partial charge < -0.3 is 4.84 Å². The van der Waals surface area contributed by atoms with Crippen molar-refractivity contribution in [2.75, 3.05) is 20.2 Å². The third kappa shape index (κ3) is 3.93. The minimum Gasteiger partial charge on any atom is -0.399 e. The Morgan fingerprint density at radius 3 is 2.79 bits per heavy atom. The quantitative estimate of drug-likeness (QED) is 0.598. The van der Waals surface area contributed by atoms with Gasteiger partial charge in [-0.25, -0.2) is 0 Å². The van der Waals surface area contributed by atoms with Crippen LogP contribution < -0.4 is 0 Å². The van der Waals surface area contributed by atoms with Crippen molar-refractivity contribution in [1.82, 2.24) is 4.90 Å². The number of nitrogens with zero attached hydrogens (tertiary/aromatic N) is 2. The maximum absolute atomic E-state index is 4.93. The lowest BCUT2D eigenvalue weighted by molar-refractivity contribution is 0.212. The number of benzene rings is 1. The highest BCUT2D eigenvalue weighted by Crippen LogP contribution is 2.16. The average Bonchev–Trinajstić information content (AvgIpc) is 2.46. The monoisotopic (exact) mass is 258 g/mol. The third-order valence-corrected chi connectivity index (χ3v) is 3.39. The molecule has 0 unspecified atom stereocenters. The Kier molecular flexibility index (Phi) is 5.16. The molecule has 0 fully saturated rings. The molecule has 1 aromatic carbocycles. The van der Waals surface area contributed by atoms with Crippen LogP contribution >= 0.6 is 0 Å². The van der Waals surface area contributed by atoms with E-state index in [0.29, 0.717) is 0 Å². The lowest BCUT2D eigenvalue weighted by Gasteiger charge is -2.27. The van der Waals surface area contributed by atoms with Crippen LogP contribution in [0.5, 0.6) is 0 Å². The van der Waals surface area contributed by atoms with Crippen LogP contribution in [0.1, 0.15) is 25.3 Å². The second kappa shape index (κ2) is 7.10. The molecule has 2 rings (SSSR count). The van der Waals surface area contributed by atoms with E-state index in [-0.39, 0.29) is 0 Å². The normalized spacial score (nSPS) is 17.2. The molecule has 0 spiro atoms. The fourth-order valence-corrected chi connectivity index (χ4v) is 2.45. The molecular formula is C16H22N2O. The van der Waals surface area contributed by atoms with Gasteiger partial charge in [-0.15, -0.1) is 0 Å². The van der Waals surface area contributed by atoms with E-state index in [1.165, 1.54) is 11.1 Å². The van der Waals surface area contributed by atoms with Gasteiger partial charge in [0, 0.05) is 19.6 Å². The highest BCUT2D eigenvalue weighted by atomic mass is 16.6. The fraction of sp³-hybridized carbons (Fsp3) is 0.438. The van der Waals surface area contributed by atoms with Crippen LogP contribution in [0.15, 0.2) is 47.1 Å². The Morgan fingerprint density at radius 1 is 1.32 bits per heavy atom. The molecule has 1 aromatic rings. The van der Waals surface area contributed by atoms with E-state index in [4.69, 9.17) is 4.84 Å². The van der Waals surface area contributed by atoms with Crippen molar-refractivity contribution in [2.24, 2.45) is 5.16 Å². The van der Waals surface area contributed by atoms with E-state index in [2.05, 4.69) is 53.4 Å². The molecule has 3 nitrogen and oxygen atoms in total. The Bertz CT molecular complexity index is 451. The van der Waals surface area contributed by atoms with Crippen molar-refractivity contribution in [1.29, 1.82) is 0 Å². The van der Waals surface area contributed by atoms with Crippen molar-refractivity contribution in [3.8, 4) is 0 Å². The summed E-state index contributed by atoms with van der Waals surface area (Å²) in [7, 11) is 1.61. The maximum atomic E-state index is 4.93. The molecule has 102 valence electrons. The van der Waals surface area contributed by atoms with Crippen molar-refractivity contribution in [3.63, 3.8) is 0 Å². The van der Waals surface area contributed by atoms with Gasteiger partial charge in [-0.3, -0.25) is 4.90 Å². The van der Waals surface area contributed by atoms with Crippen LogP contribution in [-0.2, 0) is 11.4 Å². The van der Waals surface area contributed by atoms with Gasteiger partial charge in [0.2, 0.25) is 0 Å². The summed E-state index contributed by atoms with van der Waals surface area (Å²) >= 11 is 0. The number of rotatable bonds is 5. The van der Waals surface area contributed by atoms with Gasteiger partial charge >= 0.3 is 0 Å². The van der Waals surface area contributed by atoms with E-state index >= 15 is 0 Å². The zero-order valence-electron chi connectivity index (χ0n) is 11.8. The van der Waals surface area contributed by atoms with E-state index < -0.39 is 0 Å². The first-order chi connectivity index (χ1) is 9.33. The van der Waals surface area contributed by atoms with Crippen molar-refractivity contribution < 1.29 is 4.84 Å². The van der Waals surface area contributed by atoms with Gasteiger partial charge in [0.25, 0.3) is 0 Å². The summed E-state index contributed by atoms with van der Waals surface area (Å²) < 4.78 is 0. The SMILES string of the molecule is CCC(=NOC)C1=CCCN(Cc2ccccc2)C1. The van der Waals surface area contributed by atoms with Gasteiger partial charge in [-0.2, -0.15) is 0 Å². The van der Waals surface area contributed by atoms with Gasteiger partial charge in [0.1, 0.15) is 7.11 Å². The van der Waals surface area contributed by atoms with Crippen LogP contribution in [0.25, 0.3) is 0 Å².